The summed E-state index contributed by atoms with van der Waals surface area (Å²) in [5.41, 5.74) is 1.52. The fraction of sp³-hybridized carbons (Fsp3) is 0.450. The molecule has 2 aromatic rings. The van der Waals surface area contributed by atoms with Crippen molar-refractivity contribution in [1.29, 1.82) is 0 Å². The molecule has 4 N–H and O–H groups in total. The predicted octanol–water partition coefficient (Wildman–Crippen LogP) is 3.41. The average molecular weight is 343 g/mol. The van der Waals surface area contributed by atoms with Crippen LogP contribution in [0.4, 0.5) is 5.69 Å². The van der Waals surface area contributed by atoms with E-state index in [-0.39, 0.29) is 11.1 Å². The Kier molecular flexibility index (Phi) is 4.54. The third-order valence-electron chi connectivity index (χ3n) is 4.70. The van der Waals surface area contributed by atoms with Gasteiger partial charge in [-0.05, 0) is 51.4 Å². The number of benzene rings is 2. The van der Waals surface area contributed by atoms with Gasteiger partial charge in [0, 0.05) is 30.0 Å². The summed E-state index contributed by atoms with van der Waals surface area (Å²) in [6.45, 7) is 9.24. The van der Waals surface area contributed by atoms with Crippen LogP contribution < -0.4 is 16.0 Å². The monoisotopic (exact) mass is 342 g/mol. The van der Waals surface area contributed by atoms with Gasteiger partial charge < -0.3 is 16.0 Å². The molecular weight excluding hydrogens is 314 g/mol. The molecule has 1 saturated heterocycles. The molecule has 0 bridgehead atoms. The van der Waals surface area contributed by atoms with Gasteiger partial charge in [-0.15, -0.1) is 0 Å². The van der Waals surface area contributed by atoms with Crippen molar-refractivity contribution >= 4 is 33.8 Å². The van der Waals surface area contributed by atoms with Crippen molar-refractivity contribution < 1.29 is 5.32 Å². The Labute approximate surface area is 150 Å². The number of rotatable bonds is 2. The average Bonchev–Trinajstić information content (AvgIpc) is 2.44. The Morgan fingerprint density at radius 3 is 2.33 bits per heavy atom. The number of nitrogens with one attached hydrogen (secondary N) is 2. The van der Waals surface area contributed by atoms with E-state index in [1.807, 2.05) is 0 Å². The molecule has 0 spiro atoms. The highest BCUT2D eigenvalue weighted by atomic mass is 32.1. The van der Waals surface area contributed by atoms with Crippen molar-refractivity contribution in [2.75, 3.05) is 5.32 Å². The summed E-state index contributed by atoms with van der Waals surface area (Å²) >= 11 is 5.60. The third kappa shape index (κ3) is 4.05. The van der Waals surface area contributed by atoms with Gasteiger partial charge in [-0.1, -0.05) is 36.4 Å². The highest BCUT2D eigenvalue weighted by Crippen LogP contribution is 2.24. The number of fused-ring (bicyclic) bond motifs is 1. The van der Waals surface area contributed by atoms with Crippen molar-refractivity contribution in [2.24, 2.45) is 0 Å². The highest BCUT2D eigenvalue weighted by Gasteiger charge is 2.41. The van der Waals surface area contributed by atoms with E-state index in [1.54, 1.807) is 0 Å². The molecule has 0 aromatic heterocycles. The topological polar surface area (TPSA) is 40.7 Å². The number of nitrogens with two attached hydrogens (primary N) is 1. The van der Waals surface area contributed by atoms with Crippen LogP contribution in [0.15, 0.2) is 42.5 Å². The second-order valence-corrected chi connectivity index (χ2v) is 8.76. The Bertz CT molecular complexity index is 730. The fourth-order valence-corrected chi connectivity index (χ4v) is 4.57. The zero-order valence-electron chi connectivity index (χ0n) is 15.0. The Morgan fingerprint density at radius 1 is 1.00 bits per heavy atom. The number of hydrogen-bond acceptors (Lipinski definition) is 1. The minimum Gasteiger partial charge on any atom is -0.359 e. The molecule has 1 aliphatic heterocycles. The number of thiocarbonyl (C=S) groups is 1. The molecule has 2 aromatic carbocycles. The first-order valence-corrected chi connectivity index (χ1v) is 9.07. The Morgan fingerprint density at radius 2 is 1.62 bits per heavy atom. The molecule has 24 heavy (non-hydrogen) atoms. The summed E-state index contributed by atoms with van der Waals surface area (Å²) < 4.78 is 0. The molecule has 0 saturated carbocycles. The number of quaternary nitrogens is 1. The van der Waals surface area contributed by atoms with Crippen molar-refractivity contribution in [3.8, 4) is 0 Å². The van der Waals surface area contributed by atoms with Gasteiger partial charge in [0.15, 0.2) is 5.11 Å². The van der Waals surface area contributed by atoms with Gasteiger partial charge in [0.2, 0.25) is 0 Å². The van der Waals surface area contributed by atoms with Crippen LogP contribution in [0.3, 0.4) is 0 Å². The molecule has 4 heteroatoms. The molecule has 128 valence electrons. The van der Waals surface area contributed by atoms with E-state index < -0.39 is 0 Å². The molecule has 0 unspecified atom stereocenters. The first-order chi connectivity index (χ1) is 11.2. The van der Waals surface area contributed by atoms with Crippen molar-refractivity contribution in [2.45, 2.75) is 57.7 Å². The number of hydrogen-bond donors (Lipinski definition) is 3. The van der Waals surface area contributed by atoms with Crippen LogP contribution in [-0.4, -0.2) is 22.2 Å². The van der Waals surface area contributed by atoms with E-state index in [4.69, 9.17) is 12.2 Å². The summed E-state index contributed by atoms with van der Waals surface area (Å²) in [7, 11) is 0. The fourth-order valence-electron chi connectivity index (χ4n) is 4.30. The molecule has 1 aliphatic rings. The van der Waals surface area contributed by atoms with Gasteiger partial charge in [0.1, 0.15) is 0 Å². The maximum absolute atomic E-state index is 5.60. The lowest BCUT2D eigenvalue weighted by atomic mass is 9.80. The summed E-state index contributed by atoms with van der Waals surface area (Å²) in [6.07, 6.45) is 2.21. The van der Waals surface area contributed by atoms with E-state index in [1.165, 1.54) is 10.8 Å². The van der Waals surface area contributed by atoms with Gasteiger partial charge in [-0.3, -0.25) is 0 Å². The van der Waals surface area contributed by atoms with Crippen LogP contribution in [0.25, 0.3) is 10.8 Å². The van der Waals surface area contributed by atoms with E-state index in [2.05, 4.69) is 86.1 Å². The quantitative estimate of drug-likeness (QED) is 0.733. The first-order valence-electron chi connectivity index (χ1n) is 8.67. The van der Waals surface area contributed by atoms with Crippen LogP contribution in [0.2, 0.25) is 0 Å². The van der Waals surface area contributed by atoms with Gasteiger partial charge in [0.05, 0.1) is 11.1 Å². The lowest BCUT2D eigenvalue weighted by Crippen LogP contribution is -3.06. The molecule has 0 aliphatic carbocycles. The normalized spacial score (nSPS) is 19.8. The van der Waals surface area contributed by atoms with Crippen LogP contribution in [0, 0.1) is 0 Å². The van der Waals surface area contributed by atoms with E-state index >= 15 is 0 Å². The molecular formula is C20H28N3S+. The molecule has 0 amide bonds. The minimum absolute atomic E-state index is 0.231. The zero-order valence-corrected chi connectivity index (χ0v) is 15.8. The number of anilines is 1. The van der Waals surface area contributed by atoms with Crippen LogP contribution in [0.5, 0.6) is 0 Å². The summed E-state index contributed by atoms with van der Waals surface area (Å²) in [5, 5.41) is 12.6. The van der Waals surface area contributed by atoms with E-state index in [9.17, 15) is 0 Å². The molecule has 0 radical (unpaired) electrons. The van der Waals surface area contributed by atoms with Crippen molar-refractivity contribution in [1.82, 2.24) is 5.32 Å². The molecule has 3 nitrogen and oxygen atoms in total. The van der Waals surface area contributed by atoms with Crippen molar-refractivity contribution in [3.63, 3.8) is 0 Å². The molecule has 1 heterocycles. The van der Waals surface area contributed by atoms with Crippen LogP contribution in [0.1, 0.15) is 40.5 Å². The summed E-state index contributed by atoms with van der Waals surface area (Å²) in [4.78, 5) is 0. The van der Waals surface area contributed by atoms with E-state index in [0.29, 0.717) is 11.2 Å². The smallest absolute Gasteiger partial charge is 0.171 e. The first kappa shape index (κ1) is 17.2. The zero-order chi connectivity index (χ0) is 17.4. The maximum atomic E-state index is 5.60. The highest BCUT2D eigenvalue weighted by molar-refractivity contribution is 7.80. The SMILES string of the molecule is CC1(C)CC(NC(=S)Nc2cccc3ccccc23)CC(C)(C)[NH2+]1. The van der Waals surface area contributed by atoms with Crippen LogP contribution >= 0.6 is 12.2 Å². The molecule has 3 rings (SSSR count). The van der Waals surface area contributed by atoms with Gasteiger partial charge >= 0.3 is 0 Å². The molecule has 1 fully saturated rings. The van der Waals surface area contributed by atoms with Crippen LogP contribution in [-0.2, 0) is 0 Å². The van der Waals surface area contributed by atoms with E-state index in [0.717, 1.165) is 18.5 Å². The minimum atomic E-state index is 0.231. The second kappa shape index (κ2) is 6.34. The van der Waals surface area contributed by atoms with Gasteiger partial charge in [-0.25, -0.2) is 0 Å². The lowest BCUT2D eigenvalue weighted by molar-refractivity contribution is -0.787. The second-order valence-electron chi connectivity index (χ2n) is 8.35. The summed E-state index contributed by atoms with van der Waals surface area (Å²) in [5.74, 6) is 0. The summed E-state index contributed by atoms with van der Waals surface area (Å²) in [6, 6.07) is 15.0. The largest absolute Gasteiger partial charge is 0.359 e. The van der Waals surface area contributed by atoms with Gasteiger partial charge in [-0.2, -0.15) is 0 Å². The lowest BCUT2D eigenvalue weighted by Gasteiger charge is -2.43. The Balaban J connectivity index is 1.71. The number of piperidine rings is 1. The Hall–Kier alpha value is -1.65. The standard InChI is InChI=1S/C20H27N3S/c1-19(2)12-15(13-20(3,4)23-19)21-18(24)22-17-11-7-9-14-8-5-6-10-16(14)17/h5-11,15,23H,12-13H2,1-4H3,(H2,21,22,24)/p+1. The predicted molar refractivity (Wildman–Crippen MR) is 106 cm³/mol. The van der Waals surface area contributed by atoms with Crippen molar-refractivity contribution in [3.05, 3.63) is 42.5 Å². The third-order valence-corrected chi connectivity index (χ3v) is 4.92. The molecule has 0 atom stereocenters. The maximum Gasteiger partial charge on any atom is 0.171 e. The van der Waals surface area contributed by atoms with Gasteiger partial charge in [0.25, 0.3) is 0 Å².